The molecular weight excluding hydrogens is 424 g/mol. The van der Waals surface area contributed by atoms with Crippen LogP contribution < -0.4 is 5.43 Å². The van der Waals surface area contributed by atoms with Crippen LogP contribution in [0.2, 0.25) is 0 Å². The van der Waals surface area contributed by atoms with Crippen LogP contribution in [0.5, 0.6) is 0 Å². The second-order valence-corrected chi connectivity index (χ2v) is 12.7. The lowest BCUT2D eigenvalue weighted by Gasteiger charge is -2.62. The lowest BCUT2D eigenvalue weighted by Crippen LogP contribution is -2.58. The Morgan fingerprint density at radius 1 is 1.19 bits per heavy atom. The predicted octanol–water partition coefficient (Wildman–Crippen LogP) is 4.49. The number of hydrogen-bond donors (Lipinski definition) is 2. The first kappa shape index (κ1) is 23.1. The van der Waals surface area contributed by atoms with Crippen LogP contribution in [0.1, 0.15) is 71.6 Å². The minimum absolute atomic E-state index is 0.118. The summed E-state index contributed by atoms with van der Waals surface area (Å²) in [7, 11) is 1.85. The van der Waals surface area contributed by atoms with Crippen molar-refractivity contribution in [3.05, 3.63) is 11.2 Å². The molecule has 6 heteroatoms. The average Bonchev–Trinajstić information content (AvgIpc) is 3.30. The van der Waals surface area contributed by atoms with Crippen molar-refractivity contribution in [2.24, 2.45) is 40.4 Å². The van der Waals surface area contributed by atoms with Gasteiger partial charge in [0.05, 0.1) is 30.3 Å². The monoisotopic (exact) mass is 464 g/mol. The van der Waals surface area contributed by atoms with E-state index in [1.54, 1.807) is 0 Å². The lowest BCUT2D eigenvalue weighted by atomic mass is 9.43. The number of carbonyl (C=O) groups is 1. The summed E-state index contributed by atoms with van der Waals surface area (Å²) in [4.78, 5) is 13.4. The molecule has 0 saturated heterocycles. The highest BCUT2D eigenvalue weighted by Crippen LogP contribution is 2.68. The maximum Gasteiger partial charge on any atom is 0.157 e. The van der Waals surface area contributed by atoms with Gasteiger partial charge >= 0.3 is 0 Å². The molecule has 1 heterocycles. The molecule has 5 rings (SSSR count). The summed E-state index contributed by atoms with van der Waals surface area (Å²) >= 11 is 6.10. The highest BCUT2D eigenvalue weighted by molar-refractivity contribution is 6.30. The van der Waals surface area contributed by atoms with Crippen LogP contribution >= 0.6 is 11.6 Å². The first-order chi connectivity index (χ1) is 15.2. The van der Waals surface area contributed by atoms with Crippen LogP contribution in [0, 0.1) is 40.4 Å². The number of nitrogens with zero attached hydrogens (tertiary/aromatic N) is 1. The van der Waals surface area contributed by atoms with Gasteiger partial charge in [0, 0.05) is 19.2 Å². The Balaban J connectivity index is 1.35. The molecular formula is C26H41ClN2O3. The quantitative estimate of drug-likeness (QED) is 0.627. The molecule has 5 aliphatic rings. The Morgan fingerprint density at radius 2 is 2.00 bits per heavy atom. The van der Waals surface area contributed by atoms with E-state index in [0.717, 1.165) is 43.7 Å². The van der Waals surface area contributed by atoms with Crippen molar-refractivity contribution in [2.75, 3.05) is 26.8 Å². The topological polar surface area (TPSA) is 61.8 Å². The first-order valence-corrected chi connectivity index (χ1v) is 13.2. The van der Waals surface area contributed by atoms with E-state index in [9.17, 15) is 9.90 Å². The molecule has 0 spiro atoms. The maximum atomic E-state index is 13.4. The summed E-state index contributed by atoms with van der Waals surface area (Å²) in [6.45, 7) is 6.32. The highest BCUT2D eigenvalue weighted by atomic mass is 35.5. The number of hydrazine groups is 1. The van der Waals surface area contributed by atoms with Crippen LogP contribution in [-0.2, 0) is 9.53 Å². The van der Waals surface area contributed by atoms with E-state index in [-0.39, 0.29) is 16.7 Å². The molecule has 0 radical (unpaired) electrons. The Bertz CT molecular complexity index is 785. The fourth-order valence-corrected chi connectivity index (χ4v) is 9.31. The molecule has 0 amide bonds. The van der Waals surface area contributed by atoms with Crippen LogP contribution in [0.25, 0.3) is 0 Å². The molecule has 4 saturated carbocycles. The molecule has 0 unspecified atom stereocenters. The van der Waals surface area contributed by atoms with E-state index in [2.05, 4.69) is 12.3 Å². The van der Waals surface area contributed by atoms with Gasteiger partial charge < -0.3 is 14.9 Å². The van der Waals surface area contributed by atoms with Crippen LogP contribution in [0.4, 0.5) is 0 Å². The van der Waals surface area contributed by atoms with Gasteiger partial charge in [0.2, 0.25) is 0 Å². The van der Waals surface area contributed by atoms with Gasteiger partial charge in [-0.1, -0.05) is 18.5 Å². The summed E-state index contributed by atoms with van der Waals surface area (Å²) in [5, 5.41) is 13.5. The fraction of sp³-hybridized carbons (Fsp3) is 0.885. The third-order valence-corrected chi connectivity index (χ3v) is 10.8. The molecule has 2 N–H and O–H groups in total. The summed E-state index contributed by atoms with van der Waals surface area (Å²) < 4.78 is 5.87. The number of fused-ring (bicyclic) bond motifs is 5. The fourth-order valence-electron chi connectivity index (χ4n) is 9.13. The van der Waals surface area contributed by atoms with Crippen molar-refractivity contribution >= 4 is 17.4 Å². The van der Waals surface area contributed by atoms with Crippen molar-refractivity contribution in [3.8, 4) is 0 Å². The van der Waals surface area contributed by atoms with Crippen molar-refractivity contribution in [2.45, 2.75) is 77.2 Å². The van der Waals surface area contributed by atoms with Gasteiger partial charge in [-0.3, -0.25) is 4.79 Å². The lowest BCUT2D eigenvalue weighted by molar-refractivity contribution is -0.175. The molecule has 0 bridgehead atoms. The number of rotatable bonds is 5. The number of halogens is 1. The standard InChI is InChI=1S/C26H41ClN2O3/c1-24(31)10-11-26(16-32-3)17(12-24)4-5-19-20-6-7-22(25(20,2)9-8-21(19)26)23(30)15-29-14-18(27)13-28-29/h14,17,19-22,28,31H,4-13,15-16H2,1-3H3/t17-,19+,20+,21+,22-,24-,25+,26-/m1/s1. The van der Waals surface area contributed by atoms with E-state index in [4.69, 9.17) is 16.3 Å². The van der Waals surface area contributed by atoms with E-state index in [0.29, 0.717) is 42.5 Å². The Kier molecular flexibility index (Phi) is 5.96. The van der Waals surface area contributed by atoms with Crippen LogP contribution in [0.3, 0.4) is 0 Å². The number of ketones is 1. The third-order valence-electron chi connectivity index (χ3n) is 10.5. The minimum Gasteiger partial charge on any atom is -0.390 e. The van der Waals surface area contributed by atoms with Gasteiger partial charge in [0.1, 0.15) is 0 Å². The molecule has 0 aromatic carbocycles. The van der Waals surface area contributed by atoms with Crippen molar-refractivity contribution in [1.29, 1.82) is 0 Å². The van der Waals surface area contributed by atoms with Crippen LogP contribution in [-0.4, -0.2) is 48.3 Å². The van der Waals surface area contributed by atoms with E-state index >= 15 is 0 Å². The maximum absolute atomic E-state index is 13.4. The number of carbonyl (C=O) groups excluding carboxylic acids is 1. The van der Waals surface area contributed by atoms with Gasteiger partial charge in [-0.2, -0.15) is 0 Å². The Labute approximate surface area is 198 Å². The number of methoxy groups -OCH3 is 1. The number of Topliss-reactive ketones (excluding diaryl/α,β-unsaturated/α-hetero) is 1. The molecule has 180 valence electrons. The molecule has 5 nitrogen and oxygen atoms in total. The van der Waals surface area contributed by atoms with Gasteiger partial charge in [-0.05, 0) is 99.2 Å². The number of hydrogen-bond acceptors (Lipinski definition) is 5. The van der Waals surface area contributed by atoms with Crippen molar-refractivity contribution in [1.82, 2.24) is 10.4 Å². The number of aliphatic hydroxyl groups is 1. The second-order valence-electron chi connectivity index (χ2n) is 12.2. The average molecular weight is 465 g/mol. The molecule has 0 aromatic rings. The summed E-state index contributed by atoms with van der Waals surface area (Å²) in [5.41, 5.74) is 3.01. The molecule has 32 heavy (non-hydrogen) atoms. The number of ether oxygens (including phenoxy) is 1. The number of nitrogens with one attached hydrogen (secondary N) is 1. The molecule has 0 aromatic heterocycles. The zero-order chi connectivity index (χ0) is 22.7. The van der Waals surface area contributed by atoms with E-state index < -0.39 is 5.60 Å². The van der Waals surface area contributed by atoms with E-state index in [1.165, 1.54) is 25.7 Å². The zero-order valence-corrected chi connectivity index (χ0v) is 20.8. The molecule has 1 aliphatic heterocycles. The summed E-state index contributed by atoms with van der Waals surface area (Å²) in [6, 6.07) is 0. The smallest absolute Gasteiger partial charge is 0.157 e. The molecule has 4 aliphatic carbocycles. The minimum atomic E-state index is -0.524. The third kappa shape index (κ3) is 3.66. The first-order valence-electron chi connectivity index (χ1n) is 12.8. The van der Waals surface area contributed by atoms with Gasteiger partial charge in [-0.15, -0.1) is 0 Å². The summed E-state index contributed by atoms with van der Waals surface area (Å²) in [5.74, 6) is 3.10. The van der Waals surface area contributed by atoms with Crippen LogP contribution in [0.15, 0.2) is 11.2 Å². The highest BCUT2D eigenvalue weighted by Gasteiger charge is 2.63. The summed E-state index contributed by atoms with van der Waals surface area (Å²) in [6.07, 6.45) is 11.8. The van der Waals surface area contributed by atoms with Gasteiger partial charge in [-0.25, -0.2) is 5.43 Å². The predicted molar refractivity (Wildman–Crippen MR) is 126 cm³/mol. The van der Waals surface area contributed by atoms with E-state index in [1.807, 2.05) is 25.2 Å². The van der Waals surface area contributed by atoms with Crippen molar-refractivity contribution < 1.29 is 14.6 Å². The SMILES string of the molecule is COC[C@]12CC[C@@](C)(O)C[C@H]1CC[C@H]1[C@@H]3CC[C@H](C(=O)CN4C=C(Cl)CN4)[C@@]3(C)CC[C@@H]12. The van der Waals surface area contributed by atoms with Gasteiger partial charge in [0.15, 0.2) is 5.78 Å². The second kappa shape index (κ2) is 8.25. The Morgan fingerprint density at radius 3 is 2.72 bits per heavy atom. The normalized spacial score (nSPS) is 48.1. The largest absolute Gasteiger partial charge is 0.390 e. The van der Waals surface area contributed by atoms with Gasteiger partial charge in [0.25, 0.3) is 0 Å². The van der Waals surface area contributed by atoms with Crippen molar-refractivity contribution in [3.63, 3.8) is 0 Å². The zero-order valence-electron chi connectivity index (χ0n) is 20.0. The Hall–Kier alpha value is -0.620. The molecule has 4 fully saturated rings. The molecule has 8 atom stereocenters.